The lowest BCUT2D eigenvalue weighted by Gasteiger charge is -2.29. The highest BCUT2D eigenvalue weighted by Crippen LogP contribution is 2.40. The van der Waals surface area contributed by atoms with E-state index in [9.17, 15) is 5.11 Å². The zero-order valence-corrected chi connectivity index (χ0v) is 13.4. The molecule has 0 bridgehead atoms. The van der Waals surface area contributed by atoms with Crippen LogP contribution in [0.4, 0.5) is 0 Å². The summed E-state index contributed by atoms with van der Waals surface area (Å²) in [5.74, 6) is 0.835. The number of phenols is 1. The minimum atomic E-state index is -0.0698. The van der Waals surface area contributed by atoms with Gasteiger partial charge in [-0.15, -0.1) is 11.6 Å². The molecule has 18 heavy (non-hydrogen) atoms. The third-order valence-electron chi connectivity index (χ3n) is 3.43. The van der Waals surface area contributed by atoms with Gasteiger partial charge in [-0.2, -0.15) is 0 Å². The Balaban J connectivity index is 3.68. The van der Waals surface area contributed by atoms with E-state index in [1.165, 1.54) is 5.56 Å². The smallest absolute Gasteiger partial charge is 0.122 e. The van der Waals surface area contributed by atoms with Crippen LogP contribution in [0.5, 0.6) is 5.75 Å². The van der Waals surface area contributed by atoms with E-state index < -0.39 is 0 Å². The zero-order chi connectivity index (χ0) is 14.3. The molecule has 0 atom stereocenters. The summed E-state index contributed by atoms with van der Waals surface area (Å²) in [4.78, 5) is 0. The predicted molar refractivity (Wildman–Crippen MR) is 79.8 cm³/mol. The van der Waals surface area contributed by atoms with Gasteiger partial charge in [0.15, 0.2) is 0 Å². The van der Waals surface area contributed by atoms with Crippen LogP contribution in [0, 0.1) is 6.92 Å². The first-order valence-electron chi connectivity index (χ1n) is 6.42. The van der Waals surface area contributed by atoms with E-state index in [0.717, 1.165) is 16.7 Å². The molecule has 1 aromatic rings. The van der Waals surface area contributed by atoms with Crippen molar-refractivity contribution in [3.63, 3.8) is 0 Å². The monoisotopic (exact) mass is 268 g/mol. The van der Waals surface area contributed by atoms with Crippen LogP contribution in [0.25, 0.3) is 0 Å². The normalized spacial score (nSPS) is 12.9. The maximum absolute atomic E-state index is 10.4. The summed E-state index contributed by atoms with van der Waals surface area (Å²) in [6, 6.07) is 2.13. The molecule has 0 saturated heterocycles. The molecule has 1 rings (SSSR count). The van der Waals surface area contributed by atoms with Crippen molar-refractivity contribution in [1.82, 2.24) is 0 Å². The number of alkyl halides is 1. The van der Waals surface area contributed by atoms with E-state index in [2.05, 4.69) is 47.6 Å². The number of rotatable bonds is 1. The molecular weight excluding hydrogens is 244 g/mol. The average molecular weight is 269 g/mol. The first-order valence-corrected chi connectivity index (χ1v) is 6.96. The van der Waals surface area contributed by atoms with E-state index in [0.29, 0.717) is 11.6 Å². The summed E-state index contributed by atoms with van der Waals surface area (Å²) in [5.41, 5.74) is 4.18. The van der Waals surface area contributed by atoms with Crippen molar-refractivity contribution in [2.45, 2.75) is 65.2 Å². The second-order valence-electron chi connectivity index (χ2n) is 7.06. The molecule has 1 N–H and O–H groups in total. The third kappa shape index (κ3) is 2.83. The highest BCUT2D eigenvalue weighted by atomic mass is 35.5. The lowest BCUT2D eigenvalue weighted by molar-refractivity contribution is 0.439. The fourth-order valence-electron chi connectivity index (χ4n) is 2.26. The van der Waals surface area contributed by atoms with Crippen molar-refractivity contribution in [2.24, 2.45) is 0 Å². The van der Waals surface area contributed by atoms with Crippen molar-refractivity contribution in [1.29, 1.82) is 0 Å². The van der Waals surface area contributed by atoms with Crippen molar-refractivity contribution in [3.8, 4) is 5.75 Å². The van der Waals surface area contributed by atoms with E-state index in [1.807, 2.05) is 6.92 Å². The SMILES string of the molecule is Cc1c(O)c(C(C)(C)C)cc(C(C)(C)C)c1CCl. The van der Waals surface area contributed by atoms with Crippen molar-refractivity contribution in [2.75, 3.05) is 0 Å². The first-order chi connectivity index (χ1) is 8.00. The minimum absolute atomic E-state index is 0.0304. The Kier molecular flexibility index (Phi) is 4.07. The highest BCUT2D eigenvalue weighted by molar-refractivity contribution is 6.17. The number of hydrogen-bond donors (Lipinski definition) is 1. The molecule has 102 valence electrons. The maximum Gasteiger partial charge on any atom is 0.122 e. The summed E-state index contributed by atoms with van der Waals surface area (Å²) < 4.78 is 0. The number of halogens is 1. The van der Waals surface area contributed by atoms with Crippen LogP contribution >= 0.6 is 11.6 Å². The first kappa shape index (κ1) is 15.4. The Morgan fingerprint density at radius 3 is 1.78 bits per heavy atom. The predicted octanol–water partition coefficient (Wildman–Crippen LogP) is 5.03. The molecule has 1 nitrogen and oxygen atoms in total. The van der Waals surface area contributed by atoms with Crippen LogP contribution in [0.1, 0.15) is 63.8 Å². The summed E-state index contributed by atoms with van der Waals surface area (Å²) in [6.07, 6.45) is 0. The number of aromatic hydroxyl groups is 1. The summed E-state index contributed by atoms with van der Waals surface area (Å²) in [6.45, 7) is 14.9. The molecule has 1 aromatic carbocycles. The van der Waals surface area contributed by atoms with Crippen LogP contribution in [-0.4, -0.2) is 5.11 Å². The summed E-state index contributed by atoms with van der Waals surface area (Å²) >= 11 is 6.07. The van der Waals surface area contributed by atoms with Crippen molar-refractivity contribution in [3.05, 3.63) is 28.3 Å². The van der Waals surface area contributed by atoms with E-state index in [1.54, 1.807) is 0 Å². The van der Waals surface area contributed by atoms with E-state index >= 15 is 0 Å². The Bertz CT molecular complexity index is 448. The highest BCUT2D eigenvalue weighted by Gasteiger charge is 2.27. The van der Waals surface area contributed by atoms with Gasteiger partial charge in [-0.3, -0.25) is 0 Å². The van der Waals surface area contributed by atoms with Gasteiger partial charge in [0.1, 0.15) is 5.75 Å². The number of hydrogen-bond acceptors (Lipinski definition) is 1. The molecule has 0 aliphatic rings. The van der Waals surface area contributed by atoms with Crippen LogP contribution in [0.2, 0.25) is 0 Å². The largest absolute Gasteiger partial charge is 0.507 e. The van der Waals surface area contributed by atoms with Gasteiger partial charge < -0.3 is 5.11 Å². The Hall–Kier alpha value is -0.690. The Labute approximate surface area is 116 Å². The van der Waals surface area contributed by atoms with Gasteiger partial charge in [0.2, 0.25) is 0 Å². The third-order valence-corrected chi connectivity index (χ3v) is 3.69. The molecule has 0 spiro atoms. The van der Waals surface area contributed by atoms with Crippen LogP contribution in [0.15, 0.2) is 6.07 Å². The second-order valence-corrected chi connectivity index (χ2v) is 7.32. The molecule has 0 aliphatic heterocycles. The molecule has 2 heteroatoms. The van der Waals surface area contributed by atoms with Crippen LogP contribution in [-0.2, 0) is 16.7 Å². The fraction of sp³-hybridized carbons (Fsp3) is 0.625. The molecule has 0 unspecified atom stereocenters. The fourth-order valence-corrected chi connectivity index (χ4v) is 2.60. The van der Waals surface area contributed by atoms with Gasteiger partial charge in [-0.1, -0.05) is 47.6 Å². The van der Waals surface area contributed by atoms with Crippen LogP contribution < -0.4 is 0 Å². The second kappa shape index (κ2) is 4.77. The molecule has 0 heterocycles. The molecule has 0 radical (unpaired) electrons. The number of benzene rings is 1. The van der Waals surface area contributed by atoms with Gasteiger partial charge in [0.25, 0.3) is 0 Å². The lowest BCUT2D eigenvalue weighted by Crippen LogP contribution is -2.19. The molecule has 0 amide bonds. The molecule has 0 aliphatic carbocycles. The van der Waals surface area contributed by atoms with E-state index in [-0.39, 0.29) is 10.8 Å². The van der Waals surface area contributed by atoms with Gasteiger partial charge in [0.05, 0.1) is 0 Å². The summed E-state index contributed by atoms with van der Waals surface area (Å²) in [7, 11) is 0. The maximum atomic E-state index is 10.4. The molecule has 0 fully saturated rings. The quantitative estimate of drug-likeness (QED) is 0.708. The molecular formula is C16H25ClO. The Morgan fingerprint density at radius 1 is 1.00 bits per heavy atom. The van der Waals surface area contributed by atoms with Gasteiger partial charge >= 0.3 is 0 Å². The standard InChI is InChI=1S/C16H25ClO/c1-10-11(9-17)12(15(2,3)4)8-13(14(10)18)16(5,6)7/h8,18H,9H2,1-7H3. The topological polar surface area (TPSA) is 20.2 Å². The van der Waals surface area contributed by atoms with E-state index in [4.69, 9.17) is 11.6 Å². The lowest BCUT2D eigenvalue weighted by atomic mass is 9.76. The number of phenolic OH excluding ortho intramolecular Hbond substituents is 1. The zero-order valence-electron chi connectivity index (χ0n) is 12.6. The molecule has 0 aromatic heterocycles. The minimum Gasteiger partial charge on any atom is -0.507 e. The summed E-state index contributed by atoms with van der Waals surface area (Å²) in [5, 5.41) is 10.4. The van der Waals surface area contributed by atoms with Gasteiger partial charge in [-0.05, 0) is 40.0 Å². The van der Waals surface area contributed by atoms with Gasteiger partial charge in [-0.25, -0.2) is 0 Å². The van der Waals surface area contributed by atoms with Crippen molar-refractivity contribution < 1.29 is 5.11 Å². The van der Waals surface area contributed by atoms with Crippen LogP contribution in [0.3, 0.4) is 0 Å². The van der Waals surface area contributed by atoms with Crippen molar-refractivity contribution >= 4 is 11.6 Å². The average Bonchev–Trinajstić information content (AvgIpc) is 2.17. The Morgan fingerprint density at radius 2 is 1.44 bits per heavy atom. The van der Waals surface area contributed by atoms with Gasteiger partial charge in [0, 0.05) is 5.88 Å². The molecule has 0 saturated carbocycles.